The van der Waals surface area contributed by atoms with Crippen molar-refractivity contribution in [2.24, 2.45) is 0 Å². The number of benzene rings is 3. The maximum atomic E-state index is 13.2. The number of aromatic nitrogens is 2. The van der Waals surface area contributed by atoms with Crippen LogP contribution in [0.5, 0.6) is 22.4 Å². The molecule has 2 heterocycles. The van der Waals surface area contributed by atoms with E-state index in [0.29, 0.717) is 47.6 Å². The van der Waals surface area contributed by atoms with Gasteiger partial charge in [0.1, 0.15) is 5.75 Å². The molecule has 1 aliphatic heterocycles. The van der Waals surface area contributed by atoms with E-state index in [1.807, 2.05) is 47.4 Å². The smallest absolute Gasteiger partial charge is 0.298 e. The Morgan fingerprint density at radius 3 is 2.52 bits per heavy atom. The molecule has 0 spiro atoms. The highest BCUT2D eigenvalue weighted by Crippen LogP contribution is 2.33. The Hall–Kier alpha value is -4.21. The molecule has 206 valence electrons. The van der Waals surface area contributed by atoms with Crippen molar-refractivity contribution in [3.63, 3.8) is 0 Å². The van der Waals surface area contributed by atoms with E-state index in [2.05, 4.69) is 38.5 Å². The van der Waals surface area contributed by atoms with Gasteiger partial charge >= 0.3 is 0 Å². The summed E-state index contributed by atoms with van der Waals surface area (Å²) in [6, 6.07) is 23.3. The van der Waals surface area contributed by atoms with Crippen LogP contribution in [0.2, 0.25) is 0 Å². The van der Waals surface area contributed by atoms with E-state index in [1.165, 1.54) is 17.1 Å². The van der Waals surface area contributed by atoms with Crippen LogP contribution in [-0.2, 0) is 6.42 Å². The fourth-order valence-electron chi connectivity index (χ4n) is 4.51. The minimum atomic E-state index is -0.0131. The zero-order valence-electron chi connectivity index (χ0n) is 22.7. The van der Waals surface area contributed by atoms with Gasteiger partial charge in [-0.3, -0.25) is 9.69 Å². The summed E-state index contributed by atoms with van der Waals surface area (Å²) >= 11 is 1.18. The maximum absolute atomic E-state index is 13.2. The summed E-state index contributed by atoms with van der Waals surface area (Å²) in [5, 5.41) is 0.410. The van der Waals surface area contributed by atoms with Gasteiger partial charge in [0, 0.05) is 56.2 Å². The molecule has 0 bridgehead atoms. The second kappa shape index (κ2) is 13.2. The van der Waals surface area contributed by atoms with Gasteiger partial charge in [-0.2, -0.15) is 9.36 Å². The number of methoxy groups -OCH3 is 2. The van der Waals surface area contributed by atoms with Crippen molar-refractivity contribution in [3.8, 4) is 22.4 Å². The van der Waals surface area contributed by atoms with Crippen molar-refractivity contribution in [2.45, 2.75) is 6.42 Å². The molecular weight excluding hydrogens is 524 g/mol. The first kappa shape index (κ1) is 27.4. The van der Waals surface area contributed by atoms with E-state index in [9.17, 15) is 4.79 Å². The fourth-order valence-corrected chi connectivity index (χ4v) is 5.08. The number of carbonyl (C=O) groups is 1. The molecule has 4 aromatic rings. The van der Waals surface area contributed by atoms with Gasteiger partial charge in [0.2, 0.25) is 0 Å². The Morgan fingerprint density at radius 2 is 1.75 bits per heavy atom. The molecule has 0 aliphatic carbocycles. The zero-order valence-corrected chi connectivity index (χ0v) is 23.5. The largest absolute Gasteiger partial charge is 0.497 e. The van der Waals surface area contributed by atoms with E-state index in [0.717, 1.165) is 30.9 Å². The highest BCUT2D eigenvalue weighted by Gasteiger charge is 2.23. The number of hydrogen-bond donors (Lipinski definition) is 0. The Morgan fingerprint density at radius 1 is 0.925 bits per heavy atom. The standard InChI is InChI=1S/C31H32N4O4S/c1-37-26-12-6-10-24(20-26)21-29-32-31(40-33-29)39-27-14-13-25(22-28(27)38-2)30(36)35-18-16-34(17-19-35)15-7-11-23-8-4-3-5-9-23/h3-14,20,22H,15-19,21H2,1-2H3. The molecule has 0 unspecified atom stereocenters. The van der Waals surface area contributed by atoms with E-state index in [-0.39, 0.29) is 5.91 Å². The van der Waals surface area contributed by atoms with E-state index in [4.69, 9.17) is 14.2 Å². The SMILES string of the molecule is COc1cccc(Cc2nsc(Oc3ccc(C(=O)N4CCN(CC=Cc5ccccc5)CC4)cc3OC)n2)c1. The lowest BCUT2D eigenvalue weighted by atomic mass is 10.1. The summed E-state index contributed by atoms with van der Waals surface area (Å²) in [6.45, 7) is 3.89. The van der Waals surface area contributed by atoms with E-state index < -0.39 is 0 Å². The molecule has 0 N–H and O–H groups in total. The minimum absolute atomic E-state index is 0.0131. The molecule has 3 aromatic carbocycles. The van der Waals surface area contributed by atoms with Crippen LogP contribution in [0.3, 0.4) is 0 Å². The molecule has 0 atom stereocenters. The van der Waals surface area contributed by atoms with Crippen molar-refractivity contribution in [1.29, 1.82) is 0 Å². The average molecular weight is 557 g/mol. The first-order chi connectivity index (χ1) is 19.6. The van der Waals surface area contributed by atoms with Gasteiger partial charge in [-0.05, 0) is 41.5 Å². The number of carbonyl (C=O) groups excluding carboxylic acids is 1. The third-order valence-electron chi connectivity index (χ3n) is 6.69. The van der Waals surface area contributed by atoms with E-state index in [1.54, 1.807) is 32.4 Å². The van der Waals surface area contributed by atoms with Crippen molar-refractivity contribution >= 4 is 23.5 Å². The van der Waals surface area contributed by atoms with Gasteiger partial charge in [0.15, 0.2) is 17.3 Å². The highest BCUT2D eigenvalue weighted by molar-refractivity contribution is 7.07. The molecule has 1 saturated heterocycles. The first-order valence-electron chi connectivity index (χ1n) is 13.2. The van der Waals surface area contributed by atoms with Gasteiger partial charge in [-0.15, -0.1) is 0 Å². The molecule has 0 saturated carbocycles. The summed E-state index contributed by atoms with van der Waals surface area (Å²) < 4.78 is 21.2. The zero-order chi connectivity index (χ0) is 27.7. The summed E-state index contributed by atoms with van der Waals surface area (Å²) in [5.41, 5.74) is 2.81. The molecule has 1 fully saturated rings. The molecule has 5 rings (SSSR count). The summed E-state index contributed by atoms with van der Waals surface area (Å²) in [5.74, 6) is 2.40. The number of hydrogen-bond acceptors (Lipinski definition) is 8. The molecule has 1 aliphatic rings. The van der Waals surface area contributed by atoms with E-state index >= 15 is 0 Å². The summed E-state index contributed by atoms with van der Waals surface area (Å²) in [6.07, 6.45) is 4.88. The lowest BCUT2D eigenvalue weighted by Gasteiger charge is -2.34. The van der Waals surface area contributed by atoms with Crippen LogP contribution in [0, 0.1) is 0 Å². The van der Waals surface area contributed by atoms with Crippen LogP contribution in [0.1, 0.15) is 27.3 Å². The predicted octanol–water partition coefficient (Wildman–Crippen LogP) is 5.41. The number of rotatable bonds is 10. The number of amides is 1. The molecular formula is C31H32N4O4S. The molecule has 8 nitrogen and oxygen atoms in total. The van der Waals surface area contributed by atoms with Crippen LogP contribution in [0.25, 0.3) is 6.08 Å². The van der Waals surface area contributed by atoms with Gasteiger partial charge < -0.3 is 19.1 Å². The van der Waals surface area contributed by atoms with Crippen LogP contribution < -0.4 is 14.2 Å². The van der Waals surface area contributed by atoms with Crippen molar-refractivity contribution in [1.82, 2.24) is 19.2 Å². The second-order valence-electron chi connectivity index (χ2n) is 9.38. The van der Waals surface area contributed by atoms with Crippen LogP contribution in [-0.4, -0.2) is 72.0 Å². The number of ether oxygens (including phenoxy) is 3. The summed E-state index contributed by atoms with van der Waals surface area (Å²) in [4.78, 5) is 22.0. The third-order valence-corrected chi connectivity index (χ3v) is 7.32. The Kier molecular flexibility index (Phi) is 9.05. The lowest BCUT2D eigenvalue weighted by Crippen LogP contribution is -2.48. The summed E-state index contributed by atoms with van der Waals surface area (Å²) in [7, 11) is 3.21. The predicted molar refractivity (Wildman–Crippen MR) is 157 cm³/mol. The Balaban J connectivity index is 1.16. The first-order valence-corrected chi connectivity index (χ1v) is 13.9. The monoisotopic (exact) mass is 556 g/mol. The molecule has 40 heavy (non-hydrogen) atoms. The molecule has 1 amide bonds. The van der Waals surface area contributed by atoms with Crippen molar-refractivity contribution < 1.29 is 19.0 Å². The average Bonchev–Trinajstić information content (AvgIpc) is 3.44. The quantitative estimate of drug-likeness (QED) is 0.259. The highest BCUT2D eigenvalue weighted by atomic mass is 32.1. The van der Waals surface area contributed by atoms with Crippen LogP contribution >= 0.6 is 11.5 Å². The minimum Gasteiger partial charge on any atom is -0.497 e. The Labute approximate surface area is 238 Å². The second-order valence-corrected chi connectivity index (χ2v) is 10.1. The van der Waals surface area contributed by atoms with Crippen LogP contribution in [0.15, 0.2) is 78.9 Å². The Bertz CT molecular complexity index is 1450. The topological polar surface area (TPSA) is 77.0 Å². The van der Waals surface area contributed by atoms with Gasteiger partial charge in [-0.25, -0.2) is 0 Å². The van der Waals surface area contributed by atoms with Crippen molar-refractivity contribution in [3.05, 3.63) is 101 Å². The van der Waals surface area contributed by atoms with Crippen molar-refractivity contribution in [2.75, 3.05) is 46.9 Å². The fraction of sp³-hybridized carbons (Fsp3) is 0.258. The number of piperazine rings is 1. The van der Waals surface area contributed by atoms with Gasteiger partial charge in [-0.1, -0.05) is 54.6 Å². The lowest BCUT2D eigenvalue weighted by molar-refractivity contribution is 0.0650. The van der Waals surface area contributed by atoms with Crippen LogP contribution in [0.4, 0.5) is 0 Å². The van der Waals surface area contributed by atoms with Gasteiger partial charge in [0.25, 0.3) is 11.1 Å². The van der Waals surface area contributed by atoms with Gasteiger partial charge in [0.05, 0.1) is 14.2 Å². The molecule has 0 radical (unpaired) electrons. The molecule has 9 heteroatoms. The molecule has 1 aromatic heterocycles. The maximum Gasteiger partial charge on any atom is 0.298 e. The number of nitrogens with zero attached hydrogens (tertiary/aromatic N) is 4. The third kappa shape index (κ3) is 7.05. The normalized spacial score (nSPS) is 13.9.